The van der Waals surface area contributed by atoms with Crippen molar-refractivity contribution in [2.24, 2.45) is 11.8 Å². The molecule has 1 saturated heterocycles. The number of nitrogens with zero attached hydrogens (tertiary/aromatic N) is 2. The summed E-state index contributed by atoms with van der Waals surface area (Å²) in [6, 6.07) is 2.36. The lowest BCUT2D eigenvalue weighted by Gasteiger charge is -2.34. The van der Waals surface area contributed by atoms with Crippen molar-refractivity contribution in [3.63, 3.8) is 0 Å². The molecule has 0 radical (unpaired) electrons. The van der Waals surface area contributed by atoms with E-state index in [-0.39, 0.29) is 5.54 Å². The maximum Gasteiger partial charge on any atom is 0.103 e. The van der Waals surface area contributed by atoms with Crippen LogP contribution < -0.4 is 5.32 Å². The number of rotatable bonds is 7. The molecular weight excluding hydrogens is 234 g/mol. The number of hydrogen-bond acceptors (Lipinski definition) is 3. The number of unbranched alkanes of at least 4 members (excludes halogenated alkanes) is 1. The number of nitrogens with one attached hydrogen (secondary N) is 1. The van der Waals surface area contributed by atoms with E-state index >= 15 is 0 Å². The first-order valence-electron chi connectivity index (χ1n) is 7.83. The summed E-state index contributed by atoms with van der Waals surface area (Å²) < 4.78 is 0. The molecule has 1 unspecified atom stereocenters. The van der Waals surface area contributed by atoms with Crippen LogP contribution >= 0.6 is 0 Å². The van der Waals surface area contributed by atoms with Gasteiger partial charge in [-0.05, 0) is 77.5 Å². The molecule has 0 aromatic carbocycles. The molecule has 0 saturated carbocycles. The Morgan fingerprint density at radius 2 is 1.95 bits per heavy atom. The highest BCUT2D eigenvalue weighted by Gasteiger charge is 2.22. The zero-order valence-electron chi connectivity index (χ0n) is 13.2. The Bertz CT molecular complexity index is 287. The van der Waals surface area contributed by atoms with Crippen LogP contribution in [0, 0.1) is 23.2 Å². The second-order valence-corrected chi connectivity index (χ2v) is 6.57. The van der Waals surface area contributed by atoms with Crippen LogP contribution in [0.2, 0.25) is 0 Å². The van der Waals surface area contributed by atoms with E-state index in [1.807, 2.05) is 14.0 Å². The number of hydrogen-bond donors (Lipinski definition) is 1. The van der Waals surface area contributed by atoms with E-state index in [9.17, 15) is 0 Å². The lowest BCUT2D eigenvalue weighted by atomic mass is 9.86. The highest BCUT2D eigenvalue weighted by Crippen LogP contribution is 2.24. The molecule has 1 aliphatic rings. The minimum atomic E-state index is -0.343. The van der Waals surface area contributed by atoms with Gasteiger partial charge < -0.3 is 10.2 Å². The third kappa shape index (κ3) is 5.50. The van der Waals surface area contributed by atoms with Gasteiger partial charge in [-0.15, -0.1) is 0 Å². The standard InChI is InChI=1S/C16H31N3/c1-14(2)15-7-11-19(12-8-15)10-6-5-9-16(3,13-17)18-4/h14-15,18H,5-12H2,1-4H3. The lowest BCUT2D eigenvalue weighted by Crippen LogP contribution is -2.38. The maximum absolute atomic E-state index is 9.09. The molecule has 110 valence electrons. The van der Waals surface area contributed by atoms with Crippen molar-refractivity contribution >= 4 is 0 Å². The van der Waals surface area contributed by atoms with Crippen LogP contribution in [-0.2, 0) is 0 Å². The summed E-state index contributed by atoms with van der Waals surface area (Å²) in [6.45, 7) is 10.4. The molecule has 1 atom stereocenters. The fourth-order valence-electron chi connectivity index (χ4n) is 2.89. The number of piperidine rings is 1. The Hall–Kier alpha value is -0.590. The molecular formula is C16H31N3. The van der Waals surface area contributed by atoms with E-state index in [0.717, 1.165) is 24.7 Å². The Kier molecular flexibility index (Phi) is 6.82. The van der Waals surface area contributed by atoms with Crippen LogP contribution in [-0.4, -0.2) is 37.1 Å². The number of likely N-dealkylation sites (tertiary alicyclic amines) is 1. The summed E-state index contributed by atoms with van der Waals surface area (Å²) in [6.07, 6.45) is 6.02. The molecule has 0 aliphatic carbocycles. The van der Waals surface area contributed by atoms with Crippen molar-refractivity contribution < 1.29 is 0 Å². The largest absolute Gasteiger partial charge is 0.303 e. The van der Waals surface area contributed by atoms with Crippen LogP contribution in [0.5, 0.6) is 0 Å². The predicted octanol–water partition coefficient (Wildman–Crippen LogP) is 3.03. The van der Waals surface area contributed by atoms with Gasteiger partial charge in [-0.1, -0.05) is 13.8 Å². The monoisotopic (exact) mass is 265 g/mol. The molecule has 1 N–H and O–H groups in total. The highest BCUT2D eigenvalue weighted by atomic mass is 15.1. The van der Waals surface area contributed by atoms with Crippen LogP contribution in [0.3, 0.4) is 0 Å². The summed E-state index contributed by atoms with van der Waals surface area (Å²) in [5, 5.41) is 12.2. The lowest BCUT2D eigenvalue weighted by molar-refractivity contribution is 0.155. The van der Waals surface area contributed by atoms with E-state index in [4.69, 9.17) is 5.26 Å². The molecule has 0 aromatic heterocycles. The van der Waals surface area contributed by atoms with Gasteiger partial charge in [-0.3, -0.25) is 0 Å². The van der Waals surface area contributed by atoms with Gasteiger partial charge >= 0.3 is 0 Å². The minimum absolute atomic E-state index is 0.343. The topological polar surface area (TPSA) is 39.1 Å². The van der Waals surface area contributed by atoms with Gasteiger partial charge in [0.1, 0.15) is 5.54 Å². The molecule has 19 heavy (non-hydrogen) atoms. The Morgan fingerprint density at radius 3 is 2.42 bits per heavy atom. The van der Waals surface area contributed by atoms with Crippen molar-refractivity contribution in [1.29, 1.82) is 5.26 Å². The average Bonchev–Trinajstić information content (AvgIpc) is 2.44. The second kappa shape index (κ2) is 7.87. The fraction of sp³-hybridized carbons (Fsp3) is 0.938. The predicted molar refractivity (Wildman–Crippen MR) is 80.9 cm³/mol. The number of nitriles is 1. The Balaban J connectivity index is 2.13. The first-order chi connectivity index (χ1) is 9.00. The van der Waals surface area contributed by atoms with E-state index in [2.05, 4.69) is 30.1 Å². The molecule has 0 amide bonds. The molecule has 1 rings (SSSR count). The first kappa shape index (κ1) is 16.5. The summed E-state index contributed by atoms with van der Waals surface area (Å²) >= 11 is 0. The van der Waals surface area contributed by atoms with Gasteiger partial charge in [0.15, 0.2) is 0 Å². The summed E-state index contributed by atoms with van der Waals surface area (Å²) in [7, 11) is 1.87. The summed E-state index contributed by atoms with van der Waals surface area (Å²) in [4.78, 5) is 2.60. The zero-order valence-corrected chi connectivity index (χ0v) is 13.2. The van der Waals surface area contributed by atoms with E-state index in [0.29, 0.717) is 0 Å². The smallest absolute Gasteiger partial charge is 0.103 e. The molecule has 0 bridgehead atoms. The van der Waals surface area contributed by atoms with Crippen molar-refractivity contribution in [3.8, 4) is 6.07 Å². The summed E-state index contributed by atoms with van der Waals surface area (Å²) in [5.41, 5.74) is -0.343. The molecule has 3 heteroatoms. The SMILES string of the molecule is CNC(C)(C#N)CCCCN1CCC(C(C)C)CC1. The van der Waals surface area contributed by atoms with Crippen molar-refractivity contribution in [3.05, 3.63) is 0 Å². The molecule has 0 aromatic rings. The third-order valence-corrected chi connectivity index (χ3v) is 4.77. The van der Waals surface area contributed by atoms with E-state index in [1.165, 1.54) is 38.9 Å². The van der Waals surface area contributed by atoms with Gasteiger partial charge in [0.05, 0.1) is 6.07 Å². The maximum atomic E-state index is 9.09. The van der Waals surface area contributed by atoms with Crippen LogP contribution in [0.1, 0.15) is 52.9 Å². The van der Waals surface area contributed by atoms with E-state index < -0.39 is 0 Å². The summed E-state index contributed by atoms with van der Waals surface area (Å²) in [5.74, 6) is 1.77. The average molecular weight is 265 g/mol. The van der Waals surface area contributed by atoms with Crippen LogP contribution in [0.15, 0.2) is 0 Å². The van der Waals surface area contributed by atoms with Crippen molar-refractivity contribution in [1.82, 2.24) is 10.2 Å². The normalized spacial score (nSPS) is 21.3. The molecule has 1 heterocycles. The first-order valence-corrected chi connectivity index (χ1v) is 7.83. The van der Waals surface area contributed by atoms with Crippen molar-refractivity contribution in [2.45, 2.75) is 58.4 Å². The minimum Gasteiger partial charge on any atom is -0.303 e. The van der Waals surface area contributed by atoms with Gasteiger partial charge in [0.25, 0.3) is 0 Å². The Morgan fingerprint density at radius 1 is 1.32 bits per heavy atom. The van der Waals surface area contributed by atoms with Gasteiger partial charge in [-0.2, -0.15) is 5.26 Å². The second-order valence-electron chi connectivity index (χ2n) is 6.57. The zero-order chi connectivity index (χ0) is 14.3. The van der Waals surface area contributed by atoms with Crippen molar-refractivity contribution in [2.75, 3.05) is 26.7 Å². The van der Waals surface area contributed by atoms with E-state index in [1.54, 1.807) is 0 Å². The third-order valence-electron chi connectivity index (χ3n) is 4.77. The Labute approximate surface area is 119 Å². The van der Waals surface area contributed by atoms with Crippen LogP contribution in [0.25, 0.3) is 0 Å². The quantitative estimate of drug-likeness (QED) is 0.719. The highest BCUT2D eigenvalue weighted by molar-refractivity contribution is 5.02. The van der Waals surface area contributed by atoms with Gasteiger partial charge in [-0.25, -0.2) is 0 Å². The molecule has 1 fully saturated rings. The van der Waals surface area contributed by atoms with Crippen LogP contribution in [0.4, 0.5) is 0 Å². The molecule has 1 aliphatic heterocycles. The van der Waals surface area contributed by atoms with Gasteiger partial charge in [0.2, 0.25) is 0 Å². The fourth-order valence-corrected chi connectivity index (χ4v) is 2.89. The van der Waals surface area contributed by atoms with Gasteiger partial charge in [0, 0.05) is 0 Å². The molecule has 0 spiro atoms. The molecule has 3 nitrogen and oxygen atoms in total.